The number of carbonyl (C=O) groups excluding carboxylic acids is 2. The lowest BCUT2D eigenvalue weighted by molar-refractivity contribution is -0.136. The van der Waals surface area contributed by atoms with Crippen LogP contribution in [0.1, 0.15) is 36.8 Å². The molecule has 34 heavy (non-hydrogen) atoms. The van der Waals surface area contributed by atoms with E-state index in [1.54, 1.807) is 38.1 Å². The van der Waals surface area contributed by atoms with E-state index in [0.29, 0.717) is 24.0 Å². The van der Waals surface area contributed by atoms with E-state index in [1.807, 2.05) is 0 Å². The van der Waals surface area contributed by atoms with Crippen molar-refractivity contribution in [1.82, 2.24) is 0 Å². The Morgan fingerprint density at radius 2 is 1.09 bits per heavy atom. The third-order valence-corrected chi connectivity index (χ3v) is 5.32. The first-order valence-electron chi connectivity index (χ1n) is 10.8. The van der Waals surface area contributed by atoms with Crippen molar-refractivity contribution in [2.45, 2.75) is 39.5 Å². The molecule has 0 aliphatic heterocycles. The standard InChI is InChI=1S/C26H22O8/c1-15-11-25(29)33-21-13-17(7-9-19(15)21)31-23(27)5-3-4-6-24(28)32-18-8-10-20-16(2)12-26(30)34-22(20)14-18/h7-14H,3-6H2,1-2H3. The van der Waals surface area contributed by atoms with Crippen molar-refractivity contribution in [3.05, 3.63) is 80.5 Å². The lowest BCUT2D eigenvalue weighted by Gasteiger charge is -2.07. The molecule has 0 aliphatic carbocycles. The smallest absolute Gasteiger partial charge is 0.336 e. The summed E-state index contributed by atoms with van der Waals surface area (Å²) in [6.45, 7) is 3.60. The maximum atomic E-state index is 12.1. The van der Waals surface area contributed by atoms with Crippen LogP contribution in [0.3, 0.4) is 0 Å². The fraction of sp³-hybridized carbons (Fsp3) is 0.231. The highest BCUT2D eigenvalue weighted by atomic mass is 16.5. The van der Waals surface area contributed by atoms with Crippen molar-refractivity contribution in [1.29, 1.82) is 0 Å². The summed E-state index contributed by atoms with van der Waals surface area (Å²) >= 11 is 0. The average Bonchev–Trinajstić information content (AvgIpc) is 2.76. The predicted molar refractivity (Wildman–Crippen MR) is 124 cm³/mol. The zero-order chi connectivity index (χ0) is 24.2. The highest BCUT2D eigenvalue weighted by molar-refractivity contribution is 5.83. The number of benzene rings is 2. The molecular formula is C26H22O8. The molecule has 8 nitrogen and oxygen atoms in total. The van der Waals surface area contributed by atoms with E-state index < -0.39 is 23.2 Å². The number of hydrogen-bond acceptors (Lipinski definition) is 8. The molecule has 0 aliphatic rings. The molecule has 0 radical (unpaired) electrons. The summed E-state index contributed by atoms with van der Waals surface area (Å²) in [4.78, 5) is 47.3. The van der Waals surface area contributed by atoms with E-state index >= 15 is 0 Å². The first-order chi connectivity index (χ1) is 16.3. The fourth-order valence-corrected chi connectivity index (χ4v) is 3.64. The Morgan fingerprint density at radius 3 is 1.50 bits per heavy atom. The van der Waals surface area contributed by atoms with Crippen molar-refractivity contribution in [3.63, 3.8) is 0 Å². The number of hydrogen-bond donors (Lipinski definition) is 0. The van der Waals surface area contributed by atoms with Gasteiger partial charge in [0.25, 0.3) is 0 Å². The number of ether oxygens (including phenoxy) is 2. The maximum absolute atomic E-state index is 12.1. The molecule has 0 atom stereocenters. The summed E-state index contributed by atoms with van der Waals surface area (Å²) in [5.41, 5.74) is 1.31. The van der Waals surface area contributed by atoms with Gasteiger partial charge in [0.05, 0.1) is 0 Å². The van der Waals surface area contributed by atoms with Crippen molar-refractivity contribution in [2.75, 3.05) is 0 Å². The Hall–Kier alpha value is -4.20. The summed E-state index contributed by atoms with van der Waals surface area (Å²) in [6.07, 6.45) is 1.09. The van der Waals surface area contributed by atoms with E-state index in [4.69, 9.17) is 18.3 Å². The maximum Gasteiger partial charge on any atom is 0.336 e. The van der Waals surface area contributed by atoms with Gasteiger partial charge in [-0.05, 0) is 62.1 Å². The average molecular weight is 462 g/mol. The second-order valence-corrected chi connectivity index (χ2v) is 7.97. The van der Waals surface area contributed by atoms with Crippen LogP contribution in [-0.4, -0.2) is 11.9 Å². The minimum atomic E-state index is -0.469. The molecule has 8 heteroatoms. The molecule has 0 fully saturated rings. The zero-order valence-corrected chi connectivity index (χ0v) is 18.7. The fourth-order valence-electron chi connectivity index (χ4n) is 3.64. The van der Waals surface area contributed by atoms with E-state index in [0.717, 1.165) is 21.9 Å². The normalized spacial score (nSPS) is 11.0. The van der Waals surface area contributed by atoms with Crippen molar-refractivity contribution >= 4 is 33.9 Å². The molecule has 0 amide bonds. The van der Waals surface area contributed by atoms with Gasteiger partial charge in [-0.1, -0.05) is 0 Å². The third-order valence-electron chi connectivity index (χ3n) is 5.32. The molecule has 4 rings (SSSR count). The SMILES string of the molecule is Cc1cc(=O)oc2cc(OC(=O)CCCCC(=O)Oc3ccc4c(C)cc(=O)oc4c3)ccc12. The van der Waals surface area contributed by atoms with Gasteiger partial charge < -0.3 is 18.3 Å². The van der Waals surface area contributed by atoms with Crippen molar-refractivity contribution in [2.24, 2.45) is 0 Å². The topological polar surface area (TPSA) is 113 Å². The van der Waals surface area contributed by atoms with Crippen LogP contribution in [0.2, 0.25) is 0 Å². The minimum absolute atomic E-state index is 0.115. The molecule has 0 unspecified atom stereocenters. The van der Waals surface area contributed by atoms with Crippen LogP contribution in [0.25, 0.3) is 21.9 Å². The van der Waals surface area contributed by atoms with E-state index in [2.05, 4.69) is 0 Å². The Kier molecular flexibility index (Phi) is 6.58. The lowest BCUT2D eigenvalue weighted by Crippen LogP contribution is -2.10. The second-order valence-electron chi connectivity index (χ2n) is 7.97. The predicted octanol–water partition coefficient (Wildman–Crippen LogP) is 4.59. The van der Waals surface area contributed by atoms with Crippen LogP contribution in [0.5, 0.6) is 11.5 Å². The van der Waals surface area contributed by atoms with Gasteiger partial charge in [-0.3, -0.25) is 9.59 Å². The molecule has 0 spiro atoms. The van der Waals surface area contributed by atoms with Gasteiger partial charge in [0, 0.05) is 47.9 Å². The van der Waals surface area contributed by atoms with Crippen molar-refractivity contribution < 1.29 is 27.9 Å². The highest BCUT2D eigenvalue weighted by Gasteiger charge is 2.11. The lowest BCUT2D eigenvalue weighted by atomic mass is 10.1. The van der Waals surface area contributed by atoms with E-state index in [-0.39, 0.29) is 24.3 Å². The van der Waals surface area contributed by atoms with Crippen LogP contribution < -0.4 is 20.7 Å². The molecule has 0 saturated heterocycles. The Balaban J connectivity index is 1.25. The van der Waals surface area contributed by atoms with Gasteiger partial charge in [-0.25, -0.2) is 9.59 Å². The second kappa shape index (κ2) is 9.74. The molecule has 174 valence electrons. The molecule has 0 bridgehead atoms. The van der Waals surface area contributed by atoms with Crippen LogP contribution >= 0.6 is 0 Å². The van der Waals surface area contributed by atoms with Gasteiger partial charge in [0.15, 0.2) is 0 Å². The van der Waals surface area contributed by atoms with Gasteiger partial charge in [-0.15, -0.1) is 0 Å². The summed E-state index contributed by atoms with van der Waals surface area (Å²) in [5.74, 6) is -0.349. The molecular weight excluding hydrogens is 440 g/mol. The molecule has 0 saturated carbocycles. The van der Waals surface area contributed by atoms with Gasteiger partial charge in [-0.2, -0.15) is 0 Å². The molecule has 2 aromatic heterocycles. The van der Waals surface area contributed by atoms with Crippen LogP contribution in [-0.2, 0) is 9.59 Å². The third kappa shape index (κ3) is 5.40. The minimum Gasteiger partial charge on any atom is -0.426 e. The Bertz CT molecular complexity index is 1390. The van der Waals surface area contributed by atoms with Crippen LogP contribution in [0.15, 0.2) is 67.0 Å². The summed E-state index contributed by atoms with van der Waals surface area (Å²) in [5, 5.41) is 1.53. The van der Waals surface area contributed by atoms with E-state index in [1.165, 1.54) is 24.3 Å². The van der Waals surface area contributed by atoms with E-state index in [9.17, 15) is 19.2 Å². The first kappa shape index (κ1) is 23.0. The van der Waals surface area contributed by atoms with Crippen LogP contribution in [0, 0.1) is 13.8 Å². The van der Waals surface area contributed by atoms with Gasteiger partial charge in [0.1, 0.15) is 22.7 Å². The number of aryl methyl sites for hydroxylation is 2. The largest absolute Gasteiger partial charge is 0.426 e. The number of esters is 2. The molecule has 2 heterocycles. The Morgan fingerprint density at radius 1 is 0.676 bits per heavy atom. The quantitative estimate of drug-likeness (QED) is 0.170. The number of carbonyl (C=O) groups is 2. The number of unbranched alkanes of at least 4 members (excludes halogenated alkanes) is 1. The van der Waals surface area contributed by atoms with Gasteiger partial charge in [0.2, 0.25) is 0 Å². The summed E-state index contributed by atoms with van der Waals surface area (Å²) in [7, 11) is 0. The number of fused-ring (bicyclic) bond motifs is 2. The Labute approximate surface area is 193 Å². The summed E-state index contributed by atoms with van der Waals surface area (Å²) in [6, 6.07) is 12.5. The molecule has 0 N–H and O–H groups in total. The molecule has 2 aromatic carbocycles. The molecule has 4 aromatic rings. The van der Waals surface area contributed by atoms with Crippen LogP contribution in [0.4, 0.5) is 0 Å². The first-order valence-corrected chi connectivity index (χ1v) is 10.8. The van der Waals surface area contributed by atoms with Gasteiger partial charge >= 0.3 is 23.2 Å². The highest BCUT2D eigenvalue weighted by Crippen LogP contribution is 2.24. The zero-order valence-electron chi connectivity index (χ0n) is 18.7. The number of rotatable bonds is 7. The van der Waals surface area contributed by atoms with Crippen molar-refractivity contribution in [3.8, 4) is 11.5 Å². The monoisotopic (exact) mass is 462 g/mol. The summed E-state index contributed by atoms with van der Waals surface area (Å²) < 4.78 is 20.9.